The third kappa shape index (κ3) is 3.65. The van der Waals surface area contributed by atoms with Crippen LogP contribution in [0, 0.1) is 0 Å². The summed E-state index contributed by atoms with van der Waals surface area (Å²) >= 11 is 1.69. The molecule has 0 aliphatic carbocycles. The van der Waals surface area contributed by atoms with Gasteiger partial charge >= 0.3 is 0 Å². The first-order chi connectivity index (χ1) is 11.2. The van der Waals surface area contributed by atoms with Crippen LogP contribution in [0.15, 0.2) is 46.0 Å². The van der Waals surface area contributed by atoms with Crippen molar-refractivity contribution >= 4 is 17.2 Å². The Balaban J connectivity index is 1.90. The molecular weight excluding hydrogens is 308 g/mol. The molecule has 118 valence electrons. The fraction of sp³-hybridized carbons (Fsp3) is 0.235. The molecule has 0 amide bonds. The summed E-state index contributed by atoms with van der Waals surface area (Å²) in [7, 11) is 2.00. The quantitative estimate of drug-likeness (QED) is 0.782. The number of pyridine rings is 1. The lowest BCUT2D eigenvalue weighted by Crippen LogP contribution is -2.17. The van der Waals surface area contributed by atoms with Gasteiger partial charge in [-0.2, -0.15) is 11.3 Å². The Morgan fingerprint density at radius 1 is 1.30 bits per heavy atom. The Bertz CT molecular complexity index is 842. The molecule has 1 N–H and O–H groups in total. The lowest BCUT2D eigenvalue weighted by atomic mass is 10.2. The van der Waals surface area contributed by atoms with Crippen molar-refractivity contribution in [2.75, 3.05) is 11.9 Å². The van der Waals surface area contributed by atoms with Gasteiger partial charge in [0, 0.05) is 37.1 Å². The van der Waals surface area contributed by atoms with Crippen molar-refractivity contribution < 1.29 is 0 Å². The summed E-state index contributed by atoms with van der Waals surface area (Å²) in [6, 6.07) is 7.45. The zero-order chi connectivity index (χ0) is 16.2. The van der Waals surface area contributed by atoms with E-state index in [1.54, 1.807) is 17.5 Å². The molecule has 0 saturated heterocycles. The number of hydrogen-bond acceptors (Lipinski definition) is 5. The van der Waals surface area contributed by atoms with Crippen molar-refractivity contribution in [3.63, 3.8) is 0 Å². The molecule has 0 spiro atoms. The number of aromatic amines is 1. The number of anilines is 1. The number of aryl methyl sites for hydroxylation is 1. The summed E-state index contributed by atoms with van der Waals surface area (Å²) in [6.07, 6.45) is 2.47. The minimum atomic E-state index is -0.128. The van der Waals surface area contributed by atoms with E-state index in [4.69, 9.17) is 0 Å². The van der Waals surface area contributed by atoms with Crippen molar-refractivity contribution in [1.82, 2.24) is 15.0 Å². The van der Waals surface area contributed by atoms with Gasteiger partial charge in [0.2, 0.25) is 0 Å². The predicted molar refractivity (Wildman–Crippen MR) is 93.9 cm³/mol. The number of H-pyrrole nitrogens is 1. The van der Waals surface area contributed by atoms with Crippen LogP contribution in [-0.2, 0) is 13.0 Å². The van der Waals surface area contributed by atoms with Gasteiger partial charge in [0.05, 0.1) is 0 Å². The molecule has 0 unspecified atom stereocenters. The van der Waals surface area contributed by atoms with Gasteiger partial charge in [0.1, 0.15) is 11.6 Å². The molecule has 0 aromatic carbocycles. The van der Waals surface area contributed by atoms with Gasteiger partial charge in [-0.15, -0.1) is 0 Å². The predicted octanol–water partition coefficient (Wildman–Crippen LogP) is 3.09. The van der Waals surface area contributed by atoms with Crippen molar-refractivity contribution in [1.29, 1.82) is 0 Å². The summed E-state index contributed by atoms with van der Waals surface area (Å²) in [4.78, 5) is 25.5. The molecule has 3 aromatic heterocycles. The second-order valence-corrected chi connectivity index (χ2v) is 6.11. The molecule has 6 heteroatoms. The van der Waals surface area contributed by atoms with Crippen LogP contribution in [0.5, 0.6) is 0 Å². The second-order valence-electron chi connectivity index (χ2n) is 5.33. The van der Waals surface area contributed by atoms with Gasteiger partial charge < -0.3 is 9.88 Å². The van der Waals surface area contributed by atoms with E-state index in [1.807, 2.05) is 26.1 Å². The van der Waals surface area contributed by atoms with E-state index < -0.39 is 0 Å². The van der Waals surface area contributed by atoms with E-state index >= 15 is 0 Å². The lowest BCUT2D eigenvalue weighted by molar-refractivity contribution is 0.901. The Labute approximate surface area is 138 Å². The number of nitrogens with one attached hydrogen (secondary N) is 1. The minimum Gasteiger partial charge on any atom is -0.355 e. The monoisotopic (exact) mass is 326 g/mol. The van der Waals surface area contributed by atoms with Crippen LogP contribution < -0.4 is 10.5 Å². The fourth-order valence-electron chi connectivity index (χ4n) is 2.34. The second kappa shape index (κ2) is 6.75. The van der Waals surface area contributed by atoms with Crippen LogP contribution in [0.2, 0.25) is 0 Å². The standard InChI is InChI=1S/C17H18N4OS/c1-3-14-9-16(22)20-17(19-14)13-4-6-18-15(8-13)21(2)10-12-5-7-23-11-12/h4-9,11H,3,10H2,1-2H3,(H,19,20,22). The first-order valence-corrected chi connectivity index (χ1v) is 8.39. The Morgan fingerprint density at radius 3 is 2.91 bits per heavy atom. The van der Waals surface area contributed by atoms with Crippen molar-refractivity contribution in [2.24, 2.45) is 0 Å². The van der Waals surface area contributed by atoms with Crippen LogP contribution in [0.1, 0.15) is 18.2 Å². The molecule has 3 heterocycles. The molecule has 0 aliphatic heterocycles. The van der Waals surface area contributed by atoms with Gasteiger partial charge in [0.15, 0.2) is 0 Å². The smallest absolute Gasteiger partial charge is 0.251 e. The minimum absolute atomic E-state index is 0.128. The van der Waals surface area contributed by atoms with Crippen molar-refractivity contribution in [3.05, 3.63) is 62.8 Å². The Kier molecular flexibility index (Phi) is 4.52. The summed E-state index contributed by atoms with van der Waals surface area (Å²) in [5.74, 6) is 1.43. The summed E-state index contributed by atoms with van der Waals surface area (Å²) in [5.41, 5.74) is 2.77. The highest BCUT2D eigenvalue weighted by atomic mass is 32.1. The molecule has 3 rings (SSSR count). The molecule has 0 bridgehead atoms. The summed E-state index contributed by atoms with van der Waals surface area (Å²) < 4.78 is 0. The first-order valence-electron chi connectivity index (χ1n) is 7.44. The average Bonchev–Trinajstić information content (AvgIpc) is 3.07. The maximum absolute atomic E-state index is 11.8. The van der Waals surface area contributed by atoms with Gasteiger partial charge in [-0.05, 0) is 40.9 Å². The van der Waals surface area contributed by atoms with E-state index in [-0.39, 0.29) is 5.56 Å². The number of thiophene rings is 1. The number of aromatic nitrogens is 3. The van der Waals surface area contributed by atoms with Crippen LogP contribution in [0.25, 0.3) is 11.4 Å². The molecule has 0 radical (unpaired) electrons. The van der Waals surface area contributed by atoms with Crippen LogP contribution in [0.4, 0.5) is 5.82 Å². The van der Waals surface area contributed by atoms with Crippen molar-refractivity contribution in [3.8, 4) is 11.4 Å². The fourth-order valence-corrected chi connectivity index (χ4v) is 3.00. The van der Waals surface area contributed by atoms with E-state index in [0.717, 1.165) is 30.0 Å². The third-order valence-corrected chi connectivity index (χ3v) is 4.30. The number of rotatable bonds is 5. The SMILES string of the molecule is CCc1cc(=O)[nH]c(-c2ccnc(N(C)Cc3ccsc3)c2)n1. The largest absolute Gasteiger partial charge is 0.355 e. The first kappa shape index (κ1) is 15.4. The number of hydrogen-bond donors (Lipinski definition) is 1. The van der Waals surface area contributed by atoms with E-state index in [2.05, 4.69) is 36.7 Å². The molecule has 5 nitrogen and oxygen atoms in total. The maximum Gasteiger partial charge on any atom is 0.251 e. The topological polar surface area (TPSA) is 61.9 Å². The van der Waals surface area contributed by atoms with Crippen LogP contribution in [-0.4, -0.2) is 22.0 Å². The van der Waals surface area contributed by atoms with Gasteiger partial charge in [-0.1, -0.05) is 6.92 Å². The molecule has 0 atom stereocenters. The normalized spacial score (nSPS) is 10.7. The maximum atomic E-state index is 11.8. The van der Waals surface area contributed by atoms with Gasteiger partial charge in [-0.25, -0.2) is 9.97 Å². The zero-order valence-electron chi connectivity index (χ0n) is 13.1. The van der Waals surface area contributed by atoms with Gasteiger partial charge in [-0.3, -0.25) is 4.79 Å². The van der Waals surface area contributed by atoms with E-state index in [1.165, 1.54) is 11.6 Å². The molecule has 0 fully saturated rings. The zero-order valence-corrected chi connectivity index (χ0v) is 13.9. The Hall–Kier alpha value is -2.47. The summed E-state index contributed by atoms with van der Waals surface area (Å²) in [6.45, 7) is 2.77. The van der Waals surface area contributed by atoms with Crippen LogP contribution >= 0.6 is 11.3 Å². The van der Waals surface area contributed by atoms with Crippen molar-refractivity contribution in [2.45, 2.75) is 19.9 Å². The Morgan fingerprint density at radius 2 is 2.17 bits per heavy atom. The highest BCUT2D eigenvalue weighted by molar-refractivity contribution is 7.07. The van der Waals surface area contributed by atoms with Gasteiger partial charge in [0.25, 0.3) is 5.56 Å². The highest BCUT2D eigenvalue weighted by Crippen LogP contribution is 2.20. The van der Waals surface area contributed by atoms with E-state index in [9.17, 15) is 4.79 Å². The highest BCUT2D eigenvalue weighted by Gasteiger charge is 2.08. The molecule has 0 saturated carbocycles. The lowest BCUT2D eigenvalue weighted by Gasteiger charge is -2.18. The van der Waals surface area contributed by atoms with Crippen LogP contribution in [0.3, 0.4) is 0 Å². The average molecular weight is 326 g/mol. The molecule has 3 aromatic rings. The third-order valence-electron chi connectivity index (χ3n) is 3.57. The number of nitrogens with zero attached hydrogens (tertiary/aromatic N) is 3. The van der Waals surface area contributed by atoms with E-state index in [0.29, 0.717) is 5.82 Å². The molecular formula is C17H18N4OS. The summed E-state index contributed by atoms with van der Waals surface area (Å²) in [5, 5.41) is 4.20. The molecule has 0 aliphatic rings. The molecule has 23 heavy (non-hydrogen) atoms.